The third kappa shape index (κ3) is 1.63. The average molecular weight is 190 g/mol. The molecule has 1 unspecified atom stereocenters. The predicted molar refractivity (Wildman–Crippen MR) is 40.7 cm³/mol. The van der Waals surface area contributed by atoms with Crippen molar-refractivity contribution < 1.29 is 5.11 Å². The Morgan fingerprint density at radius 2 is 2.56 bits per heavy atom. The van der Waals surface area contributed by atoms with E-state index in [-0.39, 0.29) is 0 Å². The van der Waals surface area contributed by atoms with Gasteiger partial charge in [0.2, 0.25) is 0 Å². The number of halogens is 1. The van der Waals surface area contributed by atoms with Gasteiger partial charge < -0.3 is 5.11 Å². The van der Waals surface area contributed by atoms with Gasteiger partial charge in [0.05, 0.1) is 0 Å². The molecule has 9 heavy (non-hydrogen) atoms. The summed E-state index contributed by atoms with van der Waals surface area (Å²) < 4.78 is 0.993. The quantitative estimate of drug-likeness (QED) is 0.615. The van der Waals surface area contributed by atoms with Crippen LogP contribution in [-0.4, -0.2) is 17.5 Å². The molecule has 0 amide bonds. The van der Waals surface area contributed by atoms with Crippen LogP contribution < -0.4 is 0 Å². The largest absolute Gasteiger partial charge is 0.371 e. The molecule has 50 valence electrons. The van der Waals surface area contributed by atoms with Crippen molar-refractivity contribution in [2.75, 3.05) is 0 Å². The van der Waals surface area contributed by atoms with Crippen molar-refractivity contribution in [3.05, 3.63) is 10.1 Å². The minimum Gasteiger partial charge on any atom is -0.371 e. The second-order valence-corrected chi connectivity index (χ2v) is 2.95. The summed E-state index contributed by atoms with van der Waals surface area (Å²) in [6.45, 7) is 1.97. The highest BCUT2D eigenvalue weighted by Crippen LogP contribution is 2.19. The summed E-state index contributed by atoms with van der Waals surface area (Å²) in [7, 11) is 0. The minimum atomic E-state index is -0.522. The molecule has 1 rings (SSSR count). The highest BCUT2D eigenvalue weighted by Gasteiger charge is 2.08. The predicted octanol–water partition coefficient (Wildman–Crippen LogP) is 1.45. The standard InChI is InChI=1S/C6H8BrNO/c1-4-2-6(9)8-3-5(4)7/h3,6,9H,2H2,1H3. The summed E-state index contributed by atoms with van der Waals surface area (Å²) >= 11 is 3.30. The third-order valence-electron chi connectivity index (χ3n) is 1.26. The number of nitrogens with zero attached hydrogens (tertiary/aromatic N) is 1. The Labute approximate surface area is 62.4 Å². The number of dihydropyridines is 1. The summed E-state index contributed by atoms with van der Waals surface area (Å²) in [5, 5.41) is 8.94. The summed E-state index contributed by atoms with van der Waals surface area (Å²) in [6, 6.07) is 0. The lowest BCUT2D eigenvalue weighted by Gasteiger charge is -2.11. The Balaban J connectivity index is 2.75. The Morgan fingerprint density at radius 3 is 3.00 bits per heavy atom. The van der Waals surface area contributed by atoms with E-state index in [1.54, 1.807) is 6.21 Å². The van der Waals surface area contributed by atoms with Gasteiger partial charge >= 0.3 is 0 Å². The van der Waals surface area contributed by atoms with Crippen molar-refractivity contribution >= 4 is 22.1 Å². The molecule has 1 aliphatic rings. The molecule has 3 heteroatoms. The Hall–Kier alpha value is -0.150. The fourth-order valence-electron chi connectivity index (χ4n) is 0.686. The van der Waals surface area contributed by atoms with E-state index in [1.807, 2.05) is 6.92 Å². The van der Waals surface area contributed by atoms with Gasteiger partial charge in [0.25, 0.3) is 0 Å². The van der Waals surface area contributed by atoms with E-state index in [1.165, 1.54) is 0 Å². The van der Waals surface area contributed by atoms with Crippen LogP contribution in [0, 0.1) is 0 Å². The maximum atomic E-state index is 8.94. The minimum absolute atomic E-state index is 0.522. The molecule has 1 aliphatic heterocycles. The molecule has 1 atom stereocenters. The van der Waals surface area contributed by atoms with E-state index in [9.17, 15) is 0 Å². The zero-order valence-electron chi connectivity index (χ0n) is 5.13. The first kappa shape index (κ1) is 6.96. The first-order chi connectivity index (χ1) is 4.20. The van der Waals surface area contributed by atoms with Gasteiger partial charge in [-0.2, -0.15) is 0 Å². The zero-order chi connectivity index (χ0) is 6.85. The average Bonchev–Trinajstić information content (AvgIpc) is 1.80. The van der Waals surface area contributed by atoms with Crippen LogP contribution in [0.2, 0.25) is 0 Å². The molecule has 0 spiro atoms. The van der Waals surface area contributed by atoms with Crippen LogP contribution in [0.25, 0.3) is 0 Å². The van der Waals surface area contributed by atoms with Gasteiger partial charge in [-0.1, -0.05) is 5.57 Å². The third-order valence-corrected chi connectivity index (χ3v) is 2.14. The number of aliphatic imine (C=N–C) groups is 1. The number of hydrogen-bond acceptors (Lipinski definition) is 2. The molecule has 0 aromatic rings. The molecule has 0 radical (unpaired) electrons. The lowest BCUT2D eigenvalue weighted by Crippen LogP contribution is -2.08. The molecule has 0 saturated heterocycles. The van der Waals surface area contributed by atoms with Crippen LogP contribution >= 0.6 is 15.9 Å². The topological polar surface area (TPSA) is 32.6 Å². The molecular weight excluding hydrogens is 182 g/mol. The van der Waals surface area contributed by atoms with Crippen molar-refractivity contribution in [1.29, 1.82) is 0 Å². The fraction of sp³-hybridized carbons (Fsp3) is 0.500. The molecule has 0 aliphatic carbocycles. The SMILES string of the molecule is CC1=C(Br)C=NC(O)C1. The van der Waals surface area contributed by atoms with Gasteiger partial charge in [-0.05, 0) is 22.9 Å². The fourth-order valence-corrected chi connectivity index (χ4v) is 0.966. The maximum absolute atomic E-state index is 8.94. The van der Waals surface area contributed by atoms with Crippen LogP contribution in [0.4, 0.5) is 0 Å². The molecule has 0 saturated carbocycles. The van der Waals surface area contributed by atoms with Crippen molar-refractivity contribution in [2.45, 2.75) is 19.6 Å². The highest BCUT2D eigenvalue weighted by atomic mass is 79.9. The van der Waals surface area contributed by atoms with Crippen molar-refractivity contribution in [1.82, 2.24) is 0 Å². The van der Waals surface area contributed by atoms with E-state index in [4.69, 9.17) is 5.11 Å². The van der Waals surface area contributed by atoms with Gasteiger partial charge in [-0.3, -0.25) is 4.99 Å². The smallest absolute Gasteiger partial charge is 0.148 e. The lowest BCUT2D eigenvalue weighted by atomic mass is 10.1. The van der Waals surface area contributed by atoms with E-state index >= 15 is 0 Å². The molecule has 1 N–H and O–H groups in total. The van der Waals surface area contributed by atoms with Crippen LogP contribution in [0.5, 0.6) is 0 Å². The summed E-state index contributed by atoms with van der Waals surface area (Å²) in [6.07, 6.45) is 1.77. The Kier molecular flexibility index (Phi) is 2.03. The van der Waals surface area contributed by atoms with Gasteiger partial charge in [-0.15, -0.1) is 0 Å². The molecule has 0 aromatic heterocycles. The number of allylic oxidation sites excluding steroid dienone is 1. The van der Waals surface area contributed by atoms with E-state index in [0.717, 1.165) is 10.1 Å². The second kappa shape index (κ2) is 2.62. The van der Waals surface area contributed by atoms with Crippen LogP contribution in [0.15, 0.2) is 15.0 Å². The molecule has 0 bridgehead atoms. The Bertz CT molecular complexity index is 174. The number of aliphatic hydroxyl groups excluding tert-OH is 1. The highest BCUT2D eigenvalue weighted by molar-refractivity contribution is 9.12. The number of hydrogen-bond donors (Lipinski definition) is 1. The molecular formula is C6H8BrNO. The van der Waals surface area contributed by atoms with Crippen molar-refractivity contribution in [3.8, 4) is 0 Å². The van der Waals surface area contributed by atoms with Gasteiger partial charge in [0.15, 0.2) is 0 Å². The van der Waals surface area contributed by atoms with Crippen LogP contribution in [-0.2, 0) is 0 Å². The summed E-state index contributed by atoms with van der Waals surface area (Å²) in [4.78, 5) is 3.79. The van der Waals surface area contributed by atoms with Gasteiger partial charge in [0.1, 0.15) is 6.23 Å². The first-order valence-corrected chi connectivity index (χ1v) is 3.56. The van der Waals surface area contributed by atoms with Gasteiger partial charge in [0, 0.05) is 17.1 Å². The lowest BCUT2D eigenvalue weighted by molar-refractivity contribution is 0.184. The van der Waals surface area contributed by atoms with Crippen molar-refractivity contribution in [3.63, 3.8) is 0 Å². The first-order valence-electron chi connectivity index (χ1n) is 2.76. The monoisotopic (exact) mass is 189 g/mol. The van der Waals surface area contributed by atoms with E-state index in [2.05, 4.69) is 20.9 Å². The summed E-state index contributed by atoms with van der Waals surface area (Å²) in [5.41, 5.74) is 1.15. The van der Waals surface area contributed by atoms with E-state index in [0.29, 0.717) is 6.42 Å². The molecule has 2 nitrogen and oxygen atoms in total. The maximum Gasteiger partial charge on any atom is 0.148 e. The van der Waals surface area contributed by atoms with Crippen LogP contribution in [0.3, 0.4) is 0 Å². The zero-order valence-corrected chi connectivity index (χ0v) is 6.72. The molecule has 0 fully saturated rings. The summed E-state index contributed by atoms with van der Waals surface area (Å²) in [5.74, 6) is 0. The van der Waals surface area contributed by atoms with E-state index < -0.39 is 6.23 Å². The van der Waals surface area contributed by atoms with Crippen LogP contribution in [0.1, 0.15) is 13.3 Å². The molecule has 0 aromatic carbocycles. The molecule has 1 heterocycles. The Morgan fingerprint density at radius 1 is 1.89 bits per heavy atom. The number of rotatable bonds is 0. The van der Waals surface area contributed by atoms with Crippen molar-refractivity contribution in [2.24, 2.45) is 4.99 Å². The van der Waals surface area contributed by atoms with Gasteiger partial charge in [-0.25, -0.2) is 0 Å². The number of aliphatic hydroxyl groups is 1. The second-order valence-electron chi connectivity index (χ2n) is 2.09. The normalized spacial score (nSPS) is 27.2.